The van der Waals surface area contributed by atoms with Crippen molar-refractivity contribution in [1.82, 2.24) is 4.98 Å². The molecular formula is C23H26N2O3S. The van der Waals surface area contributed by atoms with Crippen LogP contribution in [0.3, 0.4) is 0 Å². The summed E-state index contributed by atoms with van der Waals surface area (Å²) in [5.41, 5.74) is 4.25. The number of thiazole rings is 1. The van der Waals surface area contributed by atoms with E-state index in [4.69, 9.17) is 14.5 Å². The largest absolute Gasteiger partial charge is 0.494 e. The first-order valence-corrected chi connectivity index (χ1v) is 10.8. The second kappa shape index (κ2) is 8.51. The number of carbonyl (C=O) groups is 1. The maximum atomic E-state index is 13.3. The monoisotopic (exact) mass is 410 g/mol. The smallest absolute Gasteiger partial charge is 0.233 e. The van der Waals surface area contributed by atoms with Crippen LogP contribution in [0, 0.1) is 13.8 Å². The molecular weight excluding hydrogens is 384 g/mol. The molecule has 29 heavy (non-hydrogen) atoms. The van der Waals surface area contributed by atoms with Gasteiger partial charge < -0.3 is 9.47 Å². The number of nitrogens with zero attached hydrogens (tertiary/aromatic N) is 2. The molecule has 152 valence electrons. The molecule has 4 rings (SSSR count). The molecule has 1 unspecified atom stereocenters. The lowest BCUT2D eigenvalue weighted by Gasteiger charge is -2.23. The normalized spacial score (nSPS) is 16.3. The van der Waals surface area contributed by atoms with E-state index in [2.05, 4.69) is 26.0 Å². The van der Waals surface area contributed by atoms with Gasteiger partial charge in [-0.15, -0.1) is 0 Å². The number of fused-ring (bicyclic) bond motifs is 1. The second-order valence-electron chi connectivity index (χ2n) is 7.54. The van der Waals surface area contributed by atoms with E-state index < -0.39 is 0 Å². The number of ether oxygens (including phenoxy) is 2. The van der Waals surface area contributed by atoms with Gasteiger partial charge in [-0.25, -0.2) is 4.98 Å². The van der Waals surface area contributed by atoms with Gasteiger partial charge in [0.05, 0.1) is 30.9 Å². The third-order valence-corrected chi connectivity index (χ3v) is 6.50. The van der Waals surface area contributed by atoms with Crippen LogP contribution in [-0.2, 0) is 16.0 Å². The molecule has 0 bridgehead atoms. The molecule has 1 aromatic heterocycles. The van der Waals surface area contributed by atoms with Crippen LogP contribution in [-0.4, -0.2) is 37.3 Å². The zero-order valence-electron chi connectivity index (χ0n) is 17.1. The average Bonchev–Trinajstić information content (AvgIpc) is 3.37. The number of anilines is 1. The molecule has 1 aliphatic heterocycles. The third-order valence-electron chi connectivity index (χ3n) is 5.46. The quantitative estimate of drug-likeness (QED) is 0.592. The Hall–Kier alpha value is -2.44. The van der Waals surface area contributed by atoms with Gasteiger partial charge in [0.25, 0.3) is 0 Å². The lowest BCUT2D eigenvalue weighted by atomic mass is 10.0. The fourth-order valence-electron chi connectivity index (χ4n) is 3.65. The van der Waals surface area contributed by atoms with Crippen molar-refractivity contribution in [3.63, 3.8) is 0 Å². The van der Waals surface area contributed by atoms with Gasteiger partial charge in [0.1, 0.15) is 11.3 Å². The summed E-state index contributed by atoms with van der Waals surface area (Å²) in [6.45, 7) is 5.45. The van der Waals surface area contributed by atoms with E-state index >= 15 is 0 Å². The second-order valence-corrected chi connectivity index (χ2v) is 8.55. The van der Waals surface area contributed by atoms with Crippen LogP contribution in [0.15, 0.2) is 36.4 Å². The van der Waals surface area contributed by atoms with Gasteiger partial charge in [-0.1, -0.05) is 35.6 Å². The molecule has 1 saturated heterocycles. The summed E-state index contributed by atoms with van der Waals surface area (Å²) in [5.74, 6) is 0.769. The van der Waals surface area contributed by atoms with Crippen LogP contribution in [0.5, 0.6) is 5.75 Å². The maximum Gasteiger partial charge on any atom is 0.233 e. The summed E-state index contributed by atoms with van der Waals surface area (Å²) in [7, 11) is 1.64. The van der Waals surface area contributed by atoms with E-state index in [0.29, 0.717) is 18.1 Å². The van der Waals surface area contributed by atoms with Gasteiger partial charge in [-0.05, 0) is 55.5 Å². The topological polar surface area (TPSA) is 51.7 Å². The lowest BCUT2D eigenvalue weighted by molar-refractivity contribution is -0.118. The first-order valence-electron chi connectivity index (χ1n) is 9.97. The zero-order valence-corrected chi connectivity index (χ0v) is 17.9. The van der Waals surface area contributed by atoms with Crippen LogP contribution in [0.1, 0.15) is 29.5 Å². The first kappa shape index (κ1) is 19.9. The molecule has 2 heterocycles. The number of hydrogen-bond acceptors (Lipinski definition) is 5. The Balaban J connectivity index is 1.65. The summed E-state index contributed by atoms with van der Waals surface area (Å²) in [5, 5.41) is 0.703. The molecule has 0 N–H and O–H groups in total. The van der Waals surface area contributed by atoms with E-state index in [1.54, 1.807) is 12.0 Å². The van der Waals surface area contributed by atoms with Crippen LogP contribution < -0.4 is 9.64 Å². The number of carbonyl (C=O) groups excluding carboxylic acids is 1. The van der Waals surface area contributed by atoms with Gasteiger partial charge in [0, 0.05) is 6.61 Å². The van der Waals surface area contributed by atoms with Crippen molar-refractivity contribution in [2.75, 3.05) is 25.2 Å². The van der Waals surface area contributed by atoms with Crippen molar-refractivity contribution in [3.8, 4) is 5.75 Å². The number of rotatable bonds is 6. The van der Waals surface area contributed by atoms with Crippen LogP contribution >= 0.6 is 11.3 Å². The molecule has 0 spiro atoms. The minimum Gasteiger partial charge on any atom is -0.494 e. The van der Waals surface area contributed by atoms with Crippen molar-refractivity contribution < 1.29 is 14.3 Å². The van der Waals surface area contributed by atoms with Crippen molar-refractivity contribution in [3.05, 3.63) is 53.1 Å². The summed E-state index contributed by atoms with van der Waals surface area (Å²) >= 11 is 1.52. The van der Waals surface area contributed by atoms with E-state index in [0.717, 1.165) is 41.0 Å². The Labute approximate surface area is 175 Å². The number of hydrogen-bond donors (Lipinski definition) is 0. The Morgan fingerprint density at radius 2 is 2.14 bits per heavy atom. The molecule has 1 aliphatic rings. The van der Waals surface area contributed by atoms with Crippen LogP contribution in [0.25, 0.3) is 10.2 Å². The number of amides is 1. The summed E-state index contributed by atoms with van der Waals surface area (Å²) in [4.78, 5) is 19.9. The van der Waals surface area contributed by atoms with Crippen LogP contribution in [0.2, 0.25) is 0 Å². The summed E-state index contributed by atoms with van der Waals surface area (Å²) in [6, 6.07) is 12.1. The Bertz CT molecular complexity index is 1020. The predicted molar refractivity (Wildman–Crippen MR) is 117 cm³/mol. The van der Waals surface area contributed by atoms with Gasteiger partial charge >= 0.3 is 0 Å². The van der Waals surface area contributed by atoms with Crippen molar-refractivity contribution in [1.29, 1.82) is 0 Å². The Morgan fingerprint density at radius 3 is 2.86 bits per heavy atom. The number of aromatic nitrogens is 1. The zero-order chi connectivity index (χ0) is 20.4. The summed E-state index contributed by atoms with van der Waals surface area (Å²) in [6.07, 6.45) is 2.42. The predicted octanol–water partition coefficient (Wildman–Crippen LogP) is 4.68. The van der Waals surface area contributed by atoms with E-state index in [-0.39, 0.29) is 12.0 Å². The maximum absolute atomic E-state index is 13.3. The molecule has 3 aromatic rings. The molecule has 1 atom stereocenters. The average molecular weight is 411 g/mol. The van der Waals surface area contributed by atoms with Crippen LogP contribution in [0.4, 0.5) is 5.13 Å². The summed E-state index contributed by atoms with van der Waals surface area (Å²) < 4.78 is 12.3. The Kier molecular flexibility index (Phi) is 5.83. The molecule has 1 fully saturated rings. The third kappa shape index (κ3) is 4.28. The van der Waals surface area contributed by atoms with Gasteiger partial charge in [-0.2, -0.15) is 0 Å². The van der Waals surface area contributed by atoms with Gasteiger partial charge in [0.15, 0.2) is 5.13 Å². The highest BCUT2D eigenvalue weighted by Gasteiger charge is 2.26. The Morgan fingerprint density at radius 1 is 1.28 bits per heavy atom. The highest BCUT2D eigenvalue weighted by molar-refractivity contribution is 7.22. The molecule has 2 aromatic carbocycles. The molecule has 0 radical (unpaired) electrons. The molecule has 6 heteroatoms. The SMILES string of the molecule is COc1cccc2sc(N(CC3CCCO3)C(=O)Cc3ccc(C)c(C)c3)nc12. The molecule has 0 aliphatic carbocycles. The van der Waals surface area contributed by atoms with Gasteiger partial charge in [-0.3, -0.25) is 9.69 Å². The molecule has 5 nitrogen and oxygen atoms in total. The number of aryl methyl sites for hydroxylation is 2. The number of para-hydroxylation sites is 1. The standard InChI is InChI=1S/C23H26N2O3S/c1-15-9-10-17(12-16(15)2)13-21(26)25(14-18-6-5-11-28-18)23-24-22-19(27-3)7-4-8-20(22)29-23/h4,7-10,12,18H,5-6,11,13-14H2,1-3H3. The fraction of sp³-hybridized carbons (Fsp3) is 0.391. The number of benzene rings is 2. The lowest BCUT2D eigenvalue weighted by Crippen LogP contribution is -2.38. The highest BCUT2D eigenvalue weighted by Crippen LogP contribution is 2.35. The van der Waals surface area contributed by atoms with E-state index in [9.17, 15) is 4.79 Å². The minimum absolute atomic E-state index is 0.0433. The molecule has 1 amide bonds. The van der Waals surface area contributed by atoms with Crippen molar-refractivity contribution in [2.45, 2.75) is 39.2 Å². The fourth-order valence-corrected chi connectivity index (χ4v) is 4.66. The highest BCUT2D eigenvalue weighted by atomic mass is 32.1. The van der Waals surface area contributed by atoms with Gasteiger partial charge in [0.2, 0.25) is 5.91 Å². The first-order chi connectivity index (χ1) is 14.0. The molecule has 0 saturated carbocycles. The van der Waals surface area contributed by atoms with E-state index in [1.165, 1.54) is 22.5 Å². The van der Waals surface area contributed by atoms with E-state index in [1.807, 2.05) is 24.3 Å². The minimum atomic E-state index is 0.0433. The van der Waals surface area contributed by atoms with Crippen molar-refractivity contribution in [2.24, 2.45) is 0 Å². The number of methoxy groups -OCH3 is 1. The van der Waals surface area contributed by atoms with Crippen molar-refractivity contribution >= 4 is 32.6 Å².